The van der Waals surface area contributed by atoms with E-state index in [1.54, 1.807) is 6.33 Å². The van der Waals surface area contributed by atoms with Gasteiger partial charge in [0.15, 0.2) is 0 Å². The summed E-state index contributed by atoms with van der Waals surface area (Å²) in [6.45, 7) is 0. The van der Waals surface area contributed by atoms with Crippen LogP contribution in [-0.2, 0) is 5.66 Å². The molecule has 1 atom stereocenters. The van der Waals surface area contributed by atoms with Gasteiger partial charge in [0.05, 0.1) is 5.69 Å². The summed E-state index contributed by atoms with van der Waals surface area (Å²) in [5.74, 6) is 1.45. The summed E-state index contributed by atoms with van der Waals surface area (Å²) in [5, 5.41) is 15.7. The molecule has 25 heavy (non-hydrogen) atoms. The van der Waals surface area contributed by atoms with E-state index in [0.29, 0.717) is 5.92 Å². The van der Waals surface area contributed by atoms with Crippen molar-refractivity contribution in [3.63, 3.8) is 0 Å². The van der Waals surface area contributed by atoms with Crippen LogP contribution in [-0.4, -0.2) is 14.8 Å². The third-order valence-corrected chi connectivity index (χ3v) is 5.04. The van der Waals surface area contributed by atoms with Gasteiger partial charge in [-0.3, -0.25) is 4.57 Å². The van der Waals surface area contributed by atoms with Gasteiger partial charge >= 0.3 is 0 Å². The van der Waals surface area contributed by atoms with Crippen molar-refractivity contribution in [1.82, 2.24) is 14.8 Å². The molecule has 3 aromatic rings. The van der Waals surface area contributed by atoms with Crippen molar-refractivity contribution in [2.45, 2.75) is 24.9 Å². The Balaban J connectivity index is 1.68. The van der Waals surface area contributed by atoms with Crippen LogP contribution in [0.2, 0.25) is 0 Å². The Morgan fingerprint density at radius 3 is 2.84 bits per heavy atom. The Kier molecular flexibility index (Phi) is 3.00. The molecular weight excluding hydrogens is 312 g/mol. The van der Waals surface area contributed by atoms with Gasteiger partial charge in [0.1, 0.15) is 12.0 Å². The second-order valence-corrected chi connectivity index (χ2v) is 6.97. The molecule has 4 N–H and O–H groups in total. The van der Waals surface area contributed by atoms with Crippen LogP contribution in [0.1, 0.15) is 24.8 Å². The average Bonchev–Trinajstić information content (AvgIpc) is 3.29. The lowest BCUT2D eigenvalue weighted by Gasteiger charge is -2.42. The summed E-state index contributed by atoms with van der Waals surface area (Å²) in [5.41, 5.74) is 9.66. The molecule has 126 valence electrons. The van der Waals surface area contributed by atoms with Gasteiger partial charge in [0.2, 0.25) is 5.95 Å². The lowest BCUT2D eigenvalue weighted by molar-refractivity contribution is 0.462. The average molecular weight is 332 g/mol. The smallest absolute Gasteiger partial charge is 0.231 e. The van der Waals surface area contributed by atoms with Crippen LogP contribution >= 0.6 is 0 Å². The van der Waals surface area contributed by atoms with E-state index in [1.807, 2.05) is 34.9 Å². The maximum absolute atomic E-state index is 6.07. The number of nitrogens with zero attached hydrogens (tertiary/aromatic N) is 3. The zero-order valence-corrected chi connectivity index (χ0v) is 13.8. The topological polar surface area (TPSA) is 80.8 Å². The van der Waals surface area contributed by atoms with Gasteiger partial charge in [0, 0.05) is 16.9 Å². The number of anilines is 3. The van der Waals surface area contributed by atoms with E-state index in [0.717, 1.165) is 29.4 Å². The molecule has 1 aliphatic heterocycles. The number of hydrogen-bond acceptors (Lipinski definition) is 5. The lowest BCUT2D eigenvalue weighted by Crippen LogP contribution is -2.47. The van der Waals surface area contributed by atoms with Gasteiger partial charge in [-0.1, -0.05) is 37.1 Å². The van der Waals surface area contributed by atoms with E-state index >= 15 is 0 Å². The lowest BCUT2D eigenvalue weighted by atomic mass is 9.89. The van der Waals surface area contributed by atoms with Crippen LogP contribution in [0.15, 0.2) is 54.9 Å². The van der Waals surface area contributed by atoms with E-state index in [-0.39, 0.29) is 0 Å². The molecular formula is C19H20N6. The minimum Gasteiger partial charge on any atom is -0.399 e. The number of nitrogens with one attached hydrogen (secondary N) is 2. The fourth-order valence-corrected chi connectivity index (χ4v) is 3.70. The summed E-state index contributed by atoms with van der Waals surface area (Å²) < 4.78 is 1.96. The molecule has 1 unspecified atom stereocenters. The first-order valence-electron chi connectivity index (χ1n) is 8.65. The van der Waals surface area contributed by atoms with Crippen molar-refractivity contribution in [2.24, 2.45) is 5.92 Å². The molecule has 0 amide bonds. The van der Waals surface area contributed by atoms with Crippen molar-refractivity contribution < 1.29 is 0 Å². The van der Waals surface area contributed by atoms with Gasteiger partial charge in [0.25, 0.3) is 0 Å². The fourth-order valence-electron chi connectivity index (χ4n) is 3.70. The minimum atomic E-state index is -0.422. The molecule has 1 aliphatic carbocycles. The largest absolute Gasteiger partial charge is 0.399 e. The molecule has 0 bridgehead atoms. The van der Waals surface area contributed by atoms with Gasteiger partial charge < -0.3 is 16.4 Å². The summed E-state index contributed by atoms with van der Waals surface area (Å²) >= 11 is 0. The molecule has 2 aliphatic rings. The van der Waals surface area contributed by atoms with Crippen LogP contribution in [0.25, 0.3) is 5.69 Å². The van der Waals surface area contributed by atoms with Gasteiger partial charge in [-0.15, -0.1) is 10.2 Å². The highest BCUT2D eigenvalue weighted by Gasteiger charge is 2.43. The number of para-hydroxylation sites is 1. The third kappa shape index (κ3) is 2.41. The molecule has 1 aromatic heterocycles. The molecule has 2 heterocycles. The van der Waals surface area contributed by atoms with Crippen LogP contribution in [0, 0.1) is 5.92 Å². The highest BCUT2D eigenvalue weighted by atomic mass is 15.4. The summed E-state index contributed by atoms with van der Waals surface area (Å²) in [6, 6.07) is 16.4. The molecule has 6 heteroatoms. The van der Waals surface area contributed by atoms with E-state index in [4.69, 9.17) is 5.73 Å². The van der Waals surface area contributed by atoms with Crippen LogP contribution < -0.4 is 16.4 Å². The SMILES string of the molecule is Nc1ccc2c(c1)-n1cnnc1NC2(CC1CC1)Nc1ccccc1. The number of benzene rings is 2. The fraction of sp³-hybridized carbons (Fsp3) is 0.263. The second kappa shape index (κ2) is 5.24. The van der Waals surface area contributed by atoms with E-state index in [1.165, 1.54) is 18.4 Å². The van der Waals surface area contributed by atoms with Crippen molar-refractivity contribution in [1.29, 1.82) is 0 Å². The molecule has 0 radical (unpaired) electrons. The predicted octanol–water partition coefficient (Wildman–Crippen LogP) is 3.34. The van der Waals surface area contributed by atoms with Gasteiger partial charge in [-0.05, 0) is 36.6 Å². The first-order chi connectivity index (χ1) is 12.2. The molecule has 0 spiro atoms. The first kappa shape index (κ1) is 14.3. The minimum absolute atomic E-state index is 0.422. The number of nitrogen functional groups attached to an aromatic ring is 1. The summed E-state index contributed by atoms with van der Waals surface area (Å²) in [6.07, 6.45) is 5.27. The Hall–Kier alpha value is -3.02. The second-order valence-electron chi connectivity index (χ2n) is 6.97. The van der Waals surface area contributed by atoms with E-state index < -0.39 is 5.66 Å². The van der Waals surface area contributed by atoms with Crippen molar-refractivity contribution in [3.05, 3.63) is 60.4 Å². The normalized spacial score (nSPS) is 21.1. The maximum atomic E-state index is 6.07. The maximum Gasteiger partial charge on any atom is 0.231 e. The highest BCUT2D eigenvalue weighted by molar-refractivity contribution is 5.65. The third-order valence-electron chi connectivity index (χ3n) is 5.04. The Labute approximate surface area is 146 Å². The molecule has 1 saturated carbocycles. The highest BCUT2D eigenvalue weighted by Crippen LogP contribution is 2.46. The van der Waals surface area contributed by atoms with Gasteiger partial charge in [-0.25, -0.2) is 0 Å². The number of hydrogen-bond donors (Lipinski definition) is 3. The molecule has 0 saturated heterocycles. The number of fused-ring (bicyclic) bond motifs is 3. The number of aromatic nitrogens is 3. The monoisotopic (exact) mass is 332 g/mol. The van der Waals surface area contributed by atoms with E-state index in [2.05, 4.69) is 39.0 Å². The molecule has 1 fully saturated rings. The number of rotatable bonds is 4. The predicted molar refractivity (Wildman–Crippen MR) is 98.5 cm³/mol. The quantitative estimate of drug-likeness (QED) is 0.639. The molecule has 5 rings (SSSR count). The zero-order valence-electron chi connectivity index (χ0n) is 13.8. The molecule has 2 aromatic carbocycles. The first-order valence-corrected chi connectivity index (χ1v) is 8.65. The van der Waals surface area contributed by atoms with E-state index in [9.17, 15) is 0 Å². The van der Waals surface area contributed by atoms with Crippen LogP contribution in [0.5, 0.6) is 0 Å². The van der Waals surface area contributed by atoms with Crippen molar-refractivity contribution in [3.8, 4) is 5.69 Å². The van der Waals surface area contributed by atoms with Crippen LogP contribution in [0.3, 0.4) is 0 Å². The Morgan fingerprint density at radius 1 is 1.20 bits per heavy atom. The Morgan fingerprint density at radius 2 is 2.04 bits per heavy atom. The zero-order chi connectivity index (χ0) is 16.9. The van der Waals surface area contributed by atoms with Gasteiger partial charge in [-0.2, -0.15) is 0 Å². The Bertz CT molecular complexity index is 915. The van der Waals surface area contributed by atoms with Crippen LogP contribution in [0.4, 0.5) is 17.3 Å². The van der Waals surface area contributed by atoms with Crippen molar-refractivity contribution in [2.75, 3.05) is 16.4 Å². The molecule has 6 nitrogen and oxygen atoms in total. The van der Waals surface area contributed by atoms with Crippen molar-refractivity contribution >= 4 is 17.3 Å². The summed E-state index contributed by atoms with van der Waals surface area (Å²) in [4.78, 5) is 0. The standard InChI is InChI=1S/C19H20N6/c20-14-8-9-16-17(10-14)25-12-21-24-18(25)23-19(16,11-13-6-7-13)22-15-4-2-1-3-5-15/h1-5,8-10,12-13,22H,6-7,11,20H2,(H,23,24). The number of nitrogens with two attached hydrogens (primary N) is 1. The summed E-state index contributed by atoms with van der Waals surface area (Å²) in [7, 11) is 0.